The number of primary amides is 1. The highest BCUT2D eigenvalue weighted by Crippen LogP contribution is 2.43. The van der Waals surface area contributed by atoms with E-state index in [0.717, 1.165) is 24.2 Å². The van der Waals surface area contributed by atoms with Crippen LogP contribution in [0.4, 0.5) is 9.39 Å². The second-order valence-corrected chi connectivity index (χ2v) is 7.75. The fraction of sp³-hybridized carbons (Fsp3) is 0.350. The number of rotatable bonds is 6. The molecular weight excluding hydrogens is 383 g/mol. The lowest BCUT2D eigenvalue weighted by molar-refractivity contribution is -0.159. The predicted octanol–water partition coefficient (Wildman–Crippen LogP) is 3.37. The van der Waals surface area contributed by atoms with Gasteiger partial charge in [0.15, 0.2) is 6.10 Å². The Bertz CT molecular complexity index is 905. The van der Waals surface area contributed by atoms with Gasteiger partial charge in [0.1, 0.15) is 10.8 Å². The first-order chi connectivity index (χ1) is 13.3. The number of ether oxygens (including phenoxy) is 1. The molecule has 0 unspecified atom stereocenters. The zero-order valence-electron chi connectivity index (χ0n) is 15.4. The standard InChI is InChI=1S/C20H21FN2O4S/c1-12(17(25)23-18-13(16(22)24)8-11-28-18)27-19(26)20(9-4-5-10-20)14-6-2-3-7-15(14)21/h2-3,6-8,11-12H,4-5,9-10H2,1H3,(H2,22,24)(H,23,25)/t12-/m1/s1. The molecule has 1 saturated carbocycles. The lowest BCUT2D eigenvalue weighted by atomic mass is 9.78. The molecule has 1 atom stereocenters. The smallest absolute Gasteiger partial charge is 0.317 e. The molecule has 148 valence electrons. The molecular formula is C20H21FN2O4S. The molecule has 0 radical (unpaired) electrons. The second kappa shape index (κ2) is 8.10. The quantitative estimate of drug-likeness (QED) is 0.721. The van der Waals surface area contributed by atoms with Crippen molar-refractivity contribution in [1.82, 2.24) is 0 Å². The SMILES string of the molecule is C[C@@H](OC(=O)C1(c2ccccc2F)CCCC1)C(=O)Nc1sccc1C(N)=O. The van der Waals surface area contributed by atoms with E-state index in [1.54, 1.807) is 23.6 Å². The Morgan fingerprint density at radius 1 is 1.21 bits per heavy atom. The number of nitrogens with two attached hydrogens (primary N) is 1. The molecule has 3 N–H and O–H groups in total. The van der Waals surface area contributed by atoms with Gasteiger partial charge in [-0.3, -0.25) is 14.4 Å². The molecule has 28 heavy (non-hydrogen) atoms. The van der Waals surface area contributed by atoms with Crippen LogP contribution in [0, 0.1) is 5.82 Å². The first kappa shape index (κ1) is 20.0. The number of hydrogen-bond acceptors (Lipinski definition) is 5. The Balaban J connectivity index is 1.75. The summed E-state index contributed by atoms with van der Waals surface area (Å²) >= 11 is 1.14. The highest BCUT2D eigenvalue weighted by atomic mass is 32.1. The topological polar surface area (TPSA) is 98.5 Å². The van der Waals surface area contributed by atoms with Gasteiger partial charge in [-0.2, -0.15) is 0 Å². The van der Waals surface area contributed by atoms with E-state index >= 15 is 0 Å². The Morgan fingerprint density at radius 2 is 1.89 bits per heavy atom. The highest BCUT2D eigenvalue weighted by Gasteiger charge is 2.46. The Kier molecular flexibility index (Phi) is 5.79. The van der Waals surface area contributed by atoms with Gasteiger partial charge in [0.25, 0.3) is 11.8 Å². The van der Waals surface area contributed by atoms with Crippen LogP contribution in [0.2, 0.25) is 0 Å². The van der Waals surface area contributed by atoms with Crippen molar-refractivity contribution in [2.75, 3.05) is 5.32 Å². The lowest BCUT2D eigenvalue weighted by Crippen LogP contribution is -2.40. The summed E-state index contributed by atoms with van der Waals surface area (Å²) in [5, 5.41) is 4.48. The second-order valence-electron chi connectivity index (χ2n) is 6.83. The van der Waals surface area contributed by atoms with Crippen LogP contribution in [0.5, 0.6) is 0 Å². The minimum atomic E-state index is -1.11. The molecule has 1 fully saturated rings. The maximum atomic E-state index is 14.4. The summed E-state index contributed by atoms with van der Waals surface area (Å²) in [5.74, 6) is -2.31. The van der Waals surface area contributed by atoms with E-state index in [2.05, 4.69) is 5.32 Å². The molecule has 0 bridgehead atoms. The van der Waals surface area contributed by atoms with Gasteiger partial charge >= 0.3 is 5.97 Å². The van der Waals surface area contributed by atoms with Crippen molar-refractivity contribution in [3.63, 3.8) is 0 Å². The van der Waals surface area contributed by atoms with Crippen molar-refractivity contribution in [3.8, 4) is 0 Å². The number of amides is 2. The summed E-state index contributed by atoms with van der Waals surface area (Å²) in [6.45, 7) is 1.44. The number of hydrogen-bond donors (Lipinski definition) is 2. The summed E-state index contributed by atoms with van der Waals surface area (Å²) < 4.78 is 19.8. The molecule has 6 nitrogen and oxygen atoms in total. The van der Waals surface area contributed by atoms with E-state index in [4.69, 9.17) is 10.5 Å². The van der Waals surface area contributed by atoms with Crippen LogP contribution in [-0.2, 0) is 19.7 Å². The van der Waals surface area contributed by atoms with E-state index < -0.39 is 35.1 Å². The van der Waals surface area contributed by atoms with Crippen LogP contribution < -0.4 is 11.1 Å². The van der Waals surface area contributed by atoms with Crippen LogP contribution in [0.15, 0.2) is 35.7 Å². The minimum absolute atomic E-state index is 0.190. The number of carbonyl (C=O) groups is 3. The summed E-state index contributed by atoms with van der Waals surface area (Å²) in [7, 11) is 0. The number of esters is 1. The Morgan fingerprint density at radius 3 is 2.54 bits per heavy atom. The van der Waals surface area contributed by atoms with Gasteiger partial charge in [0, 0.05) is 5.56 Å². The molecule has 2 aromatic rings. The van der Waals surface area contributed by atoms with Crippen LogP contribution in [0.3, 0.4) is 0 Å². The molecule has 0 spiro atoms. The average molecular weight is 404 g/mol. The number of benzene rings is 1. The zero-order valence-corrected chi connectivity index (χ0v) is 16.2. The summed E-state index contributed by atoms with van der Waals surface area (Å²) in [5.41, 5.74) is 4.68. The van der Waals surface area contributed by atoms with E-state index in [-0.39, 0.29) is 5.56 Å². The van der Waals surface area contributed by atoms with Crippen molar-refractivity contribution in [2.24, 2.45) is 5.73 Å². The number of carbonyl (C=O) groups excluding carboxylic acids is 3. The van der Waals surface area contributed by atoms with Crippen LogP contribution >= 0.6 is 11.3 Å². The summed E-state index contributed by atoms with van der Waals surface area (Å²) in [6, 6.07) is 7.67. The van der Waals surface area contributed by atoms with Gasteiger partial charge in [0.05, 0.1) is 11.0 Å². The van der Waals surface area contributed by atoms with Gasteiger partial charge < -0.3 is 15.8 Å². The van der Waals surface area contributed by atoms with Crippen molar-refractivity contribution in [2.45, 2.75) is 44.1 Å². The molecule has 8 heteroatoms. The third-order valence-corrected chi connectivity index (χ3v) is 5.89. The predicted molar refractivity (Wildman–Crippen MR) is 104 cm³/mol. The minimum Gasteiger partial charge on any atom is -0.452 e. The average Bonchev–Trinajstić information content (AvgIpc) is 3.32. The monoisotopic (exact) mass is 404 g/mol. The van der Waals surface area contributed by atoms with Crippen LogP contribution in [0.25, 0.3) is 0 Å². The van der Waals surface area contributed by atoms with Gasteiger partial charge in [-0.25, -0.2) is 4.39 Å². The number of nitrogens with one attached hydrogen (secondary N) is 1. The molecule has 1 heterocycles. The lowest BCUT2D eigenvalue weighted by Gasteiger charge is -2.29. The molecule has 1 aliphatic rings. The van der Waals surface area contributed by atoms with E-state index in [1.165, 1.54) is 19.1 Å². The first-order valence-corrected chi connectivity index (χ1v) is 9.87. The molecule has 2 amide bonds. The maximum absolute atomic E-state index is 14.4. The van der Waals surface area contributed by atoms with Crippen LogP contribution in [0.1, 0.15) is 48.5 Å². The van der Waals surface area contributed by atoms with Crippen molar-refractivity contribution < 1.29 is 23.5 Å². The van der Waals surface area contributed by atoms with Crippen molar-refractivity contribution in [3.05, 3.63) is 52.7 Å². The fourth-order valence-corrected chi connectivity index (χ4v) is 4.35. The molecule has 1 aromatic carbocycles. The number of thiophene rings is 1. The van der Waals surface area contributed by atoms with Crippen molar-refractivity contribution >= 4 is 34.1 Å². The highest BCUT2D eigenvalue weighted by molar-refractivity contribution is 7.14. The van der Waals surface area contributed by atoms with Gasteiger partial charge in [-0.15, -0.1) is 11.3 Å². The van der Waals surface area contributed by atoms with Crippen molar-refractivity contribution in [1.29, 1.82) is 0 Å². The maximum Gasteiger partial charge on any atom is 0.317 e. The third-order valence-electron chi connectivity index (χ3n) is 5.06. The summed E-state index contributed by atoms with van der Waals surface area (Å²) in [6.07, 6.45) is 1.39. The fourth-order valence-electron chi connectivity index (χ4n) is 3.55. The molecule has 1 aliphatic carbocycles. The van der Waals surface area contributed by atoms with Gasteiger partial charge in [-0.1, -0.05) is 31.0 Å². The van der Waals surface area contributed by atoms with E-state index in [0.29, 0.717) is 23.4 Å². The third kappa shape index (κ3) is 3.77. The molecule has 0 saturated heterocycles. The number of anilines is 1. The van der Waals surface area contributed by atoms with E-state index in [9.17, 15) is 18.8 Å². The normalized spacial score (nSPS) is 16.4. The van der Waals surface area contributed by atoms with Gasteiger partial charge in [0.2, 0.25) is 0 Å². The molecule has 1 aromatic heterocycles. The Labute approximate surface area is 165 Å². The first-order valence-electron chi connectivity index (χ1n) is 8.99. The molecule has 0 aliphatic heterocycles. The molecule has 3 rings (SSSR count). The van der Waals surface area contributed by atoms with Gasteiger partial charge in [-0.05, 0) is 37.3 Å². The van der Waals surface area contributed by atoms with E-state index in [1.807, 2.05) is 0 Å². The van der Waals surface area contributed by atoms with Crippen LogP contribution in [-0.4, -0.2) is 23.9 Å². The largest absolute Gasteiger partial charge is 0.452 e. The summed E-state index contributed by atoms with van der Waals surface area (Å²) in [4.78, 5) is 36.8. The zero-order chi connectivity index (χ0) is 20.3. The Hall–Kier alpha value is -2.74. The number of halogens is 1.